The van der Waals surface area contributed by atoms with E-state index in [1.165, 1.54) is 5.56 Å². The Bertz CT molecular complexity index is 899. The molecule has 1 aromatic carbocycles. The van der Waals surface area contributed by atoms with E-state index in [1.807, 2.05) is 54.9 Å². The lowest BCUT2D eigenvalue weighted by molar-refractivity contribution is 0.0953. The molecule has 0 atom stereocenters. The van der Waals surface area contributed by atoms with Gasteiger partial charge in [0.05, 0.1) is 5.69 Å². The van der Waals surface area contributed by atoms with E-state index in [0.717, 1.165) is 24.4 Å². The zero-order valence-electron chi connectivity index (χ0n) is 16.0. The standard InChI is InChI=1S/C20H24N4O2.2ClH/c1-3-21-9-10-22-20(25)16-5-4-6-18(11-16)26-14-17-13-24-12-15(2)7-8-19(24)23-17;;/h4-8,11-13,21H,3,9-10,14H2,1-2H3,(H,22,25);2*1H. The van der Waals surface area contributed by atoms with Crippen LogP contribution in [0.2, 0.25) is 0 Å². The maximum Gasteiger partial charge on any atom is 0.251 e. The Labute approximate surface area is 177 Å². The molecule has 0 saturated heterocycles. The van der Waals surface area contributed by atoms with Crippen LogP contribution in [0.25, 0.3) is 5.65 Å². The van der Waals surface area contributed by atoms with Crippen molar-refractivity contribution < 1.29 is 9.53 Å². The Kier molecular flexibility index (Phi) is 9.79. The summed E-state index contributed by atoms with van der Waals surface area (Å²) in [5, 5.41) is 6.06. The van der Waals surface area contributed by atoms with E-state index < -0.39 is 0 Å². The molecule has 28 heavy (non-hydrogen) atoms. The van der Waals surface area contributed by atoms with Crippen LogP contribution in [0.5, 0.6) is 5.75 Å². The fraction of sp³-hybridized carbons (Fsp3) is 0.300. The van der Waals surface area contributed by atoms with E-state index in [1.54, 1.807) is 12.1 Å². The number of nitrogens with zero attached hydrogens (tertiary/aromatic N) is 2. The number of benzene rings is 1. The van der Waals surface area contributed by atoms with Gasteiger partial charge in [-0.3, -0.25) is 4.79 Å². The predicted octanol–water partition coefficient (Wildman–Crippen LogP) is 3.40. The van der Waals surface area contributed by atoms with Gasteiger partial charge in [-0.15, -0.1) is 24.8 Å². The molecular weight excluding hydrogens is 399 g/mol. The van der Waals surface area contributed by atoms with Crippen LogP contribution < -0.4 is 15.4 Å². The van der Waals surface area contributed by atoms with Crippen molar-refractivity contribution in [1.82, 2.24) is 20.0 Å². The number of carbonyl (C=O) groups excluding carboxylic acids is 1. The van der Waals surface area contributed by atoms with Gasteiger partial charge in [0.2, 0.25) is 0 Å². The van der Waals surface area contributed by atoms with Crippen molar-refractivity contribution in [2.24, 2.45) is 0 Å². The highest BCUT2D eigenvalue weighted by Crippen LogP contribution is 2.16. The number of fused-ring (bicyclic) bond motifs is 1. The van der Waals surface area contributed by atoms with Crippen LogP contribution in [0.3, 0.4) is 0 Å². The molecule has 0 aliphatic rings. The molecule has 0 radical (unpaired) electrons. The van der Waals surface area contributed by atoms with Gasteiger partial charge in [0.1, 0.15) is 18.0 Å². The number of hydrogen-bond acceptors (Lipinski definition) is 4. The summed E-state index contributed by atoms with van der Waals surface area (Å²) in [4.78, 5) is 16.7. The molecule has 3 aromatic rings. The smallest absolute Gasteiger partial charge is 0.251 e. The number of pyridine rings is 1. The summed E-state index contributed by atoms with van der Waals surface area (Å²) >= 11 is 0. The lowest BCUT2D eigenvalue weighted by atomic mass is 10.2. The van der Waals surface area contributed by atoms with Crippen LogP contribution in [0.4, 0.5) is 0 Å². The van der Waals surface area contributed by atoms with Crippen molar-refractivity contribution in [3.63, 3.8) is 0 Å². The summed E-state index contributed by atoms with van der Waals surface area (Å²) < 4.78 is 7.81. The van der Waals surface area contributed by atoms with Crippen LogP contribution in [0.15, 0.2) is 48.8 Å². The van der Waals surface area contributed by atoms with Crippen molar-refractivity contribution in [2.75, 3.05) is 19.6 Å². The first-order valence-corrected chi connectivity index (χ1v) is 8.81. The van der Waals surface area contributed by atoms with Crippen LogP contribution in [-0.4, -0.2) is 34.9 Å². The number of nitrogens with one attached hydrogen (secondary N) is 2. The molecule has 0 aliphatic carbocycles. The molecule has 1 amide bonds. The summed E-state index contributed by atoms with van der Waals surface area (Å²) in [5.41, 5.74) is 3.50. The minimum atomic E-state index is -0.100. The molecular formula is C20H26Cl2N4O2. The first kappa shape index (κ1) is 23.8. The van der Waals surface area contributed by atoms with Crippen molar-refractivity contribution in [2.45, 2.75) is 20.5 Å². The molecule has 0 fully saturated rings. The maximum atomic E-state index is 12.2. The Hall–Kier alpha value is -2.28. The average molecular weight is 425 g/mol. The van der Waals surface area contributed by atoms with E-state index in [4.69, 9.17) is 4.74 Å². The summed E-state index contributed by atoms with van der Waals surface area (Å²) in [6, 6.07) is 11.2. The fourth-order valence-electron chi connectivity index (χ4n) is 2.65. The van der Waals surface area contributed by atoms with Gasteiger partial charge in [-0.05, 0) is 43.3 Å². The van der Waals surface area contributed by atoms with Crippen LogP contribution in [0, 0.1) is 6.92 Å². The minimum Gasteiger partial charge on any atom is -0.487 e. The predicted molar refractivity (Wildman–Crippen MR) is 116 cm³/mol. The van der Waals surface area contributed by atoms with Gasteiger partial charge in [-0.1, -0.05) is 19.1 Å². The number of rotatable bonds is 8. The normalized spacial score (nSPS) is 10.1. The van der Waals surface area contributed by atoms with Crippen molar-refractivity contribution in [3.8, 4) is 5.75 Å². The second-order valence-corrected chi connectivity index (χ2v) is 6.13. The third-order valence-electron chi connectivity index (χ3n) is 3.97. The quantitative estimate of drug-likeness (QED) is 0.543. The second kappa shape index (κ2) is 11.5. The zero-order valence-corrected chi connectivity index (χ0v) is 17.6. The molecule has 0 saturated carbocycles. The lowest BCUT2D eigenvalue weighted by Crippen LogP contribution is -2.31. The first-order valence-electron chi connectivity index (χ1n) is 8.81. The molecule has 2 N–H and O–H groups in total. The van der Waals surface area contributed by atoms with Crippen LogP contribution >= 0.6 is 24.8 Å². The summed E-state index contributed by atoms with van der Waals surface area (Å²) in [6.45, 7) is 6.68. The number of ether oxygens (including phenoxy) is 1. The fourth-order valence-corrected chi connectivity index (χ4v) is 2.65. The lowest BCUT2D eigenvalue weighted by Gasteiger charge is -2.08. The Morgan fingerprint density at radius 2 is 1.96 bits per heavy atom. The number of imidazole rings is 1. The molecule has 8 heteroatoms. The minimum absolute atomic E-state index is 0. The third-order valence-corrected chi connectivity index (χ3v) is 3.97. The van der Waals surface area contributed by atoms with E-state index in [-0.39, 0.29) is 30.7 Å². The molecule has 3 rings (SSSR count). The average Bonchev–Trinajstić information content (AvgIpc) is 3.05. The van der Waals surface area contributed by atoms with Gasteiger partial charge in [0.25, 0.3) is 5.91 Å². The highest BCUT2D eigenvalue weighted by molar-refractivity contribution is 5.94. The van der Waals surface area contributed by atoms with Gasteiger partial charge in [0, 0.05) is 31.0 Å². The van der Waals surface area contributed by atoms with E-state index >= 15 is 0 Å². The largest absolute Gasteiger partial charge is 0.487 e. The van der Waals surface area contributed by atoms with Crippen molar-refractivity contribution in [3.05, 3.63) is 65.6 Å². The van der Waals surface area contributed by atoms with Crippen LogP contribution in [0.1, 0.15) is 28.5 Å². The number of aromatic nitrogens is 2. The zero-order chi connectivity index (χ0) is 18.4. The van der Waals surface area contributed by atoms with Gasteiger partial charge < -0.3 is 19.8 Å². The maximum absolute atomic E-state index is 12.2. The monoisotopic (exact) mass is 424 g/mol. The Morgan fingerprint density at radius 1 is 1.14 bits per heavy atom. The number of aryl methyl sites for hydroxylation is 1. The first-order chi connectivity index (χ1) is 12.7. The molecule has 2 heterocycles. The van der Waals surface area contributed by atoms with Crippen molar-refractivity contribution in [1.29, 1.82) is 0 Å². The van der Waals surface area contributed by atoms with Gasteiger partial charge in [-0.25, -0.2) is 4.98 Å². The van der Waals surface area contributed by atoms with Crippen molar-refractivity contribution >= 4 is 36.4 Å². The molecule has 0 bridgehead atoms. The number of likely N-dealkylation sites (N-methyl/N-ethyl adjacent to an activating group) is 1. The van der Waals surface area contributed by atoms with E-state index in [0.29, 0.717) is 24.5 Å². The molecule has 0 spiro atoms. The topological polar surface area (TPSA) is 67.7 Å². The summed E-state index contributed by atoms with van der Waals surface area (Å²) in [6.07, 6.45) is 3.99. The van der Waals surface area contributed by atoms with Gasteiger partial charge >= 0.3 is 0 Å². The second-order valence-electron chi connectivity index (χ2n) is 6.13. The van der Waals surface area contributed by atoms with Gasteiger partial charge in [0.15, 0.2) is 0 Å². The highest BCUT2D eigenvalue weighted by Gasteiger charge is 2.07. The number of halogens is 2. The molecule has 0 unspecified atom stereocenters. The third kappa shape index (κ3) is 6.41. The Balaban J connectivity index is 0.00000196. The highest BCUT2D eigenvalue weighted by atomic mass is 35.5. The number of hydrogen-bond donors (Lipinski definition) is 2. The molecule has 152 valence electrons. The SMILES string of the molecule is CCNCCNC(=O)c1cccc(OCc2cn3cc(C)ccc3n2)c1.Cl.Cl. The molecule has 2 aromatic heterocycles. The van der Waals surface area contributed by atoms with Gasteiger partial charge in [-0.2, -0.15) is 0 Å². The van der Waals surface area contributed by atoms with E-state index in [9.17, 15) is 4.79 Å². The van der Waals surface area contributed by atoms with E-state index in [2.05, 4.69) is 15.6 Å². The summed E-state index contributed by atoms with van der Waals surface area (Å²) in [5.74, 6) is 0.550. The molecule has 6 nitrogen and oxygen atoms in total. The molecule has 0 aliphatic heterocycles. The number of amides is 1. The summed E-state index contributed by atoms with van der Waals surface area (Å²) in [7, 11) is 0. The van der Waals surface area contributed by atoms with Crippen LogP contribution in [-0.2, 0) is 6.61 Å². The number of carbonyl (C=O) groups is 1. The Morgan fingerprint density at radius 3 is 2.75 bits per heavy atom.